The molecule has 0 N–H and O–H groups in total. The van der Waals surface area contributed by atoms with Gasteiger partial charge in [-0.2, -0.15) is 0 Å². The number of rotatable bonds is 7. The van der Waals surface area contributed by atoms with Gasteiger partial charge in [-0.3, -0.25) is 0 Å². The molecule has 0 amide bonds. The van der Waals surface area contributed by atoms with Crippen LogP contribution in [0.5, 0.6) is 0 Å². The first-order valence-corrected chi connectivity index (χ1v) is 9.31. The Hall–Kier alpha value is -1.30. The molecule has 0 bridgehead atoms. The molecule has 1 rings (SSSR count). The quantitative estimate of drug-likeness (QED) is 0.446. The molecule has 0 nitrogen and oxygen atoms in total. The van der Waals surface area contributed by atoms with Gasteiger partial charge in [0.15, 0.2) is 0 Å². The van der Waals surface area contributed by atoms with Crippen LogP contribution >= 0.6 is 0 Å². The molecule has 0 saturated carbocycles. The minimum absolute atomic E-state index is 0.557. The highest BCUT2D eigenvalue weighted by molar-refractivity contribution is 5.63. The fraction of sp³-hybridized carbons (Fsp3) is 0.565. The summed E-state index contributed by atoms with van der Waals surface area (Å²) in [6.45, 7) is 23.1. The summed E-state index contributed by atoms with van der Waals surface area (Å²) in [6.07, 6.45) is 6.84. The summed E-state index contributed by atoms with van der Waals surface area (Å²) >= 11 is 0. The number of aryl methyl sites for hydroxylation is 1. The normalized spacial score (nSPS) is 10.8. The molecule has 1 aromatic rings. The number of benzene rings is 1. The lowest BCUT2D eigenvalue weighted by molar-refractivity contribution is 0.487. The number of hydrogen-bond donors (Lipinski definition) is 0. The van der Waals surface area contributed by atoms with Crippen molar-refractivity contribution in [2.75, 3.05) is 0 Å². The minimum Gasteiger partial charge on any atom is -0.103 e. The molecule has 0 saturated heterocycles. The summed E-state index contributed by atoms with van der Waals surface area (Å²) in [5.74, 6) is 1.32. The summed E-state index contributed by atoms with van der Waals surface area (Å²) in [5.41, 5.74) is 3.78. The van der Waals surface area contributed by atoms with E-state index >= 15 is 0 Å². The van der Waals surface area contributed by atoms with E-state index in [-0.39, 0.29) is 0 Å². The van der Waals surface area contributed by atoms with Crippen molar-refractivity contribution in [3.63, 3.8) is 0 Å². The van der Waals surface area contributed by atoms with E-state index in [0.29, 0.717) is 5.92 Å². The van der Waals surface area contributed by atoms with Gasteiger partial charge in [0, 0.05) is 0 Å². The smallest absolute Gasteiger partial charge is 0.0196 e. The monoisotopic (exact) mass is 316 g/mol. The minimum atomic E-state index is 0.557. The lowest BCUT2D eigenvalue weighted by Crippen LogP contribution is -2.00. The van der Waals surface area contributed by atoms with Crippen molar-refractivity contribution in [1.82, 2.24) is 0 Å². The summed E-state index contributed by atoms with van der Waals surface area (Å²) in [7, 11) is 0. The third-order valence-corrected chi connectivity index (χ3v) is 3.42. The maximum atomic E-state index is 4.22. The van der Waals surface area contributed by atoms with E-state index in [2.05, 4.69) is 78.1 Å². The standard InChI is InChI=1S/C18H26.C3H8.C2H6/c1-6-17(10-7-14(2)3)13-16(5)18-11-8-15(4)9-12-18;1-3-2;1-2/h6,8-9,11-12,14,17H,1,5,7,10,13H2,2-4H3;3H2,1-2H3;1-2H3. The Morgan fingerprint density at radius 3 is 1.91 bits per heavy atom. The number of allylic oxidation sites excluding steroid dienone is 2. The fourth-order valence-electron chi connectivity index (χ4n) is 2.07. The van der Waals surface area contributed by atoms with Gasteiger partial charge in [-0.25, -0.2) is 0 Å². The van der Waals surface area contributed by atoms with E-state index < -0.39 is 0 Å². The molecule has 0 aliphatic heterocycles. The molecule has 0 aliphatic carbocycles. The van der Waals surface area contributed by atoms with E-state index in [1.807, 2.05) is 13.8 Å². The van der Waals surface area contributed by atoms with Crippen LogP contribution in [0.4, 0.5) is 0 Å². The molecule has 1 unspecified atom stereocenters. The van der Waals surface area contributed by atoms with Crippen LogP contribution in [0.3, 0.4) is 0 Å². The largest absolute Gasteiger partial charge is 0.103 e. The SMILES string of the molecule is C=CC(CCC(C)C)CC(=C)c1ccc(C)cc1.CC.CCC. The molecule has 132 valence electrons. The molecule has 0 radical (unpaired) electrons. The molecule has 0 heteroatoms. The van der Waals surface area contributed by atoms with Crippen LogP contribution in [-0.4, -0.2) is 0 Å². The topological polar surface area (TPSA) is 0 Å². The Morgan fingerprint density at radius 2 is 1.52 bits per heavy atom. The first-order valence-electron chi connectivity index (χ1n) is 9.31. The Kier molecular flexibility index (Phi) is 16.2. The van der Waals surface area contributed by atoms with E-state index in [1.165, 1.54) is 36.0 Å². The Morgan fingerprint density at radius 1 is 1.04 bits per heavy atom. The highest BCUT2D eigenvalue weighted by Crippen LogP contribution is 2.25. The molecule has 0 spiro atoms. The highest BCUT2D eigenvalue weighted by atomic mass is 14.1. The average Bonchev–Trinajstić information content (AvgIpc) is 2.54. The molecule has 0 aromatic heterocycles. The first kappa shape index (κ1) is 24.0. The van der Waals surface area contributed by atoms with Crippen molar-refractivity contribution in [2.45, 2.75) is 74.1 Å². The van der Waals surface area contributed by atoms with E-state index in [0.717, 1.165) is 12.3 Å². The van der Waals surface area contributed by atoms with E-state index in [1.54, 1.807) is 0 Å². The van der Waals surface area contributed by atoms with Crippen molar-refractivity contribution in [2.24, 2.45) is 11.8 Å². The van der Waals surface area contributed by atoms with Gasteiger partial charge in [0.2, 0.25) is 0 Å². The van der Waals surface area contributed by atoms with Crippen LogP contribution in [0.1, 0.15) is 78.4 Å². The summed E-state index contributed by atoms with van der Waals surface area (Å²) in [4.78, 5) is 0. The van der Waals surface area contributed by atoms with Gasteiger partial charge in [-0.1, -0.05) is 96.9 Å². The average molecular weight is 317 g/mol. The van der Waals surface area contributed by atoms with Crippen LogP contribution < -0.4 is 0 Å². The zero-order chi connectivity index (χ0) is 18.3. The van der Waals surface area contributed by atoms with Crippen molar-refractivity contribution in [3.05, 3.63) is 54.6 Å². The predicted octanol–water partition coefficient (Wildman–Crippen LogP) is 8.08. The lowest BCUT2D eigenvalue weighted by Gasteiger charge is -2.16. The van der Waals surface area contributed by atoms with Gasteiger partial charge in [-0.15, -0.1) is 6.58 Å². The van der Waals surface area contributed by atoms with Crippen LogP contribution in [0.15, 0.2) is 43.5 Å². The maximum Gasteiger partial charge on any atom is -0.0196 e. The second-order valence-electron chi connectivity index (χ2n) is 6.35. The molecule has 0 heterocycles. The number of hydrogen-bond acceptors (Lipinski definition) is 0. The molecular formula is C23H40. The van der Waals surface area contributed by atoms with Crippen molar-refractivity contribution < 1.29 is 0 Å². The zero-order valence-corrected chi connectivity index (χ0v) is 16.8. The van der Waals surface area contributed by atoms with Gasteiger partial charge in [0.1, 0.15) is 0 Å². The maximum absolute atomic E-state index is 4.22. The lowest BCUT2D eigenvalue weighted by atomic mass is 9.90. The van der Waals surface area contributed by atoms with Gasteiger partial charge in [0.25, 0.3) is 0 Å². The molecule has 0 fully saturated rings. The Labute approximate surface area is 146 Å². The van der Waals surface area contributed by atoms with Crippen LogP contribution in [-0.2, 0) is 0 Å². The van der Waals surface area contributed by atoms with E-state index in [9.17, 15) is 0 Å². The van der Waals surface area contributed by atoms with Crippen LogP contribution in [0.2, 0.25) is 0 Å². The Balaban J connectivity index is 0. The van der Waals surface area contributed by atoms with Gasteiger partial charge >= 0.3 is 0 Å². The van der Waals surface area contributed by atoms with Crippen LogP contribution in [0, 0.1) is 18.8 Å². The van der Waals surface area contributed by atoms with Gasteiger partial charge in [0.05, 0.1) is 0 Å². The van der Waals surface area contributed by atoms with Crippen molar-refractivity contribution >= 4 is 5.57 Å². The highest BCUT2D eigenvalue weighted by Gasteiger charge is 2.09. The van der Waals surface area contributed by atoms with Crippen molar-refractivity contribution in [1.29, 1.82) is 0 Å². The van der Waals surface area contributed by atoms with Crippen LogP contribution in [0.25, 0.3) is 5.57 Å². The Bertz CT molecular complexity index is 395. The third kappa shape index (κ3) is 12.9. The summed E-state index contributed by atoms with van der Waals surface area (Å²) in [5, 5.41) is 0. The molecule has 1 atom stereocenters. The predicted molar refractivity (Wildman–Crippen MR) is 110 cm³/mol. The molecule has 1 aromatic carbocycles. The van der Waals surface area contributed by atoms with Crippen molar-refractivity contribution in [3.8, 4) is 0 Å². The second-order valence-corrected chi connectivity index (χ2v) is 6.35. The fourth-order valence-corrected chi connectivity index (χ4v) is 2.07. The van der Waals surface area contributed by atoms with Gasteiger partial charge in [-0.05, 0) is 42.7 Å². The van der Waals surface area contributed by atoms with E-state index in [4.69, 9.17) is 0 Å². The zero-order valence-electron chi connectivity index (χ0n) is 16.8. The summed E-state index contributed by atoms with van der Waals surface area (Å²) in [6, 6.07) is 8.63. The third-order valence-electron chi connectivity index (χ3n) is 3.42. The molecular weight excluding hydrogens is 276 g/mol. The molecule has 0 aliphatic rings. The first-order chi connectivity index (χ1) is 10.9. The van der Waals surface area contributed by atoms with Gasteiger partial charge < -0.3 is 0 Å². The second kappa shape index (κ2) is 15.6. The molecule has 23 heavy (non-hydrogen) atoms. The summed E-state index contributed by atoms with van der Waals surface area (Å²) < 4.78 is 0.